The molecule has 2 aromatic rings. The van der Waals surface area contributed by atoms with Gasteiger partial charge in [-0.3, -0.25) is 4.68 Å². The van der Waals surface area contributed by atoms with Crippen molar-refractivity contribution < 1.29 is 8.42 Å². The molecule has 3 heterocycles. The van der Waals surface area contributed by atoms with Gasteiger partial charge in [-0.2, -0.15) is 10.2 Å². The summed E-state index contributed by atoms with van der Waals surface area (Å²) < 4.78 is 30.5. The third-order valence-electron chi connectivity index (χ3n) is 3.04. The van der Waals surface area contributed by atoms with Crippen molar-refractivity contribution in [2.45, 2.75) is 24.9 Å². The van der Waals surface area contributed by atoms with Crippen LogP contribution in [0.4, 0.5) is 5.82 Å². The van der Waals surface area contributed by atoms with Crippen LogP contribution >= 0.6 is 15.9 Å². The standard InChI is InChI=1S/C10H12BrN5O2S/c1-2-14-7-8(5-12-14)19(17,18)16-4-3-15-10(16)9(11)6-13-15/h5-7H,2-4H2,1H3. The Bertz CT molecular complexity index is 720. The fourth-order valence-corrected chi connectivity index (χ4v) is 4.13. The number of nitrogens with zero attached hydrogens (tertiary/aromatic N) is 5. The van der Waals surface area contributed by atoms with Crippen molar-refractivity contribution in [3.8, 4) is 0 Å². The third-order valence-corrected chi connectivity index (χ3v) is 5.34. The number of aryl methyl sites for hydroxylation is 1. The molecule has 0 aliphatic carbocycles. The lowest BCUT2D eigenvalue weighted by Gasteiger charge is -2.16. The van der Waals surface area contributed by atoms with Gasteiger partial charge in [-0.15, -0.1) is 0 Å². The minimum atomic E-state index is -3.57. The molecule has 7 nitrogen and oxygen atoms in total. The topological polar surface area (TPSA) is 73.0 Å². The van der Waals surface area contributed by atoms with Crippen LogP contribution < -0.4 is 4.31 Å². The summed E-state index contributed by atoms with van der Waals surface area (Å²) in [5.74, 6) is 0.573. The maximum atomic E-state index is 12.6. The average molecular weight is 346 g/mol. The van der Waals surface area contributed by atoms with E-state index < -0.39 is 10.0 Å². The number of hydrogen-bond acceptors (Lipinski definition) is 4. The summed E-state index contributed by atoms with van der Waals surface area (Å²) >= 11 is 3.33. The van der Waals surface area contributed by atoms with Crippen LogP contribution in [0, 0.1) is 0 Å². The van der Waals surface area contributed by atoms with Crippen molar-refractivity contribution in [2.75, 3.05) is 10.8 Å². The largest absolute Gasteiger partial charge is 0.272 e. The molecule has 0 N–H and O–H groups in total. The van der Waals surface area contributed by atoms with Gasteiger partial charge < -0.3 is 0 Å². The lowest BCUT2D eigenvalue weighted by molar-refractivity contribution is 0.591. The van der Waals surface area contributed by atoms with Crippen molar-refractivity contribution in [1.82, 2.24) is 19.6 Å². The van der Waals surface area contributed by atoms with Crippen molar-refractivity contribution in [3.63, 3.8) is 0 Å². The average Bonchev–Trinajstić information content (AvgIpc) is 3.06. The first-order valence-electron chi connectivity index (χ1n) is 5.80. The second-order valence-corrected chi connectivity index (χ2v) is 6.86. The minimum absolute atomic E-state index is 0.205. The predicted octanol–water partition coefficient (Wildman–Crippen LogP) is 1.07. The fraction of sp³-hybridized carbons (Fsp3) is 0.400. The maximum absolute atomic E-state index is 12.6. The van der Waals surface area contributed by atoms with E-state index in [1.54, 1.807) is 21.8 Å². The zero-order chi connectivity index (χ0) is 13.6. The van der Waals surface area contributed by atoms with E-state index in [1.165, 1.54) is 10.5 Å². The predicted molar refractivity (Wildman–Crippen MR) is 72.4 cm³/mol. The highest BCUT2D eigenvalue weighted by Gasteiger charge is 2.34. The van der Waals surface area contributed by atoms with Crippen molar-refractivity contribution in [3.05, 3.63) is 23.1 Å². The van der Waals surface area contributed by atoms with Crippen molar-refractivity contribution in [2.24, 2.45) is 0 Å². The fourth-order valence-electron chi connectivity index (χ4n) is 2.07. The molecule has 1 aliphatic heterocycles. The van der Waals surface area contributed by atoms with Gasteiger partial charge in [0.25, 0.3) is 10.0 Å². The van der Waals surface area contributed by atoms with Gasteiger partial charge in [-0.1, -0.05) is 0 Å². The Labute approximate surface area is 119 Å². The monoisotopic (exact) mass is 345 g/mol. The molecule has 0 amide bonds. The second-order valence-electron chi connectivity index (χ2n) is 4.15. The molecule has 0 unspecified atom stereocenters. The maximum Gasteiger partial charge on any atom is 0.268 e. The molecule has 0 bridgehead atoms. The van der Waals surface area contributed by atoms with E-state index in [-0.39, 0.29) is 4.90 Å². The van der Waals surface area contributed by atoms with Crippen LogP contribution in [0.25, 0.3) is 0 Å². The number of rotatable bonds is 3. The molecule has 0 saturated heterocycles. The summed E-state index contributed by atoms with van der Waals surface area (Å²) in [5.41, 5.74) is 0. The SMILES string of the molecule is CCn1cc(S(=O)(=O)N2CCn3ncc(Br)c32)cn1. The van der Waals surface area contributed by atoms with Crippen LogP contribution in [0.15, 0.2) is 28.0 Å². The summed E-state index contributed by atoms with van der Waals surface area (Å²) in [4.78, 5) is 0.205. The molecular formula is C10H12BrN5O2S. The van der Waals surface area contributed by atoms with Crippen LogP contribution in [0.5, 0.6) is 0 Å². The van der Waals surface area contributed by atoms with E-state index in [4.69, 9.17) is 0 Å². The van der Waals surface area contributed by atoms with Gasteiger partial charge >= 0.3 is 0 Å². The highest BCUT2D eigenvalue weighted by Crippen LogP contribution is 2.34. The number of anilines is 1. The smallest absolute Gasteiger partial charge is 0.268 e. The molecule has 9 heteroatoms. The molecule has 0 atom stereocenters. The number of sulfonamides is 1. The second kappa shape index (κ2) is 4.34. The molecule has 1 aliphatic rings. The minimum Gasteiger partial charge on any atom is -0.272 e. The Kier molecular flexibility index (Phi) is 2.90. The number of hydrogen-bond donors (Lipinski definition) is 0. The molecule has 0 spiro atoms. The van der Waals surface area contributed by atoms with E-state index in [2.05, 4.69) is 26.1 Å². The van der Waals surface area contributed by atoms with Gasteiger partial charge in [0.05, 0.1) is 30.0 Å². The Morgan fingerprint density at radius 2 is 2.11 bits per heavy atom. The van der Waals surface area contributed by atoms with Gasteiger partial charge in [-0.05, 0) is 22.9 Å². The van der Waals surface area contributed by atoms with E-state index >= 15 is 0 Å². The zero-order valence-corrected chi connectivity index (χ0v) is 12.6. The summed E-state index contributed by atoms with van der Waals surface area (Å²) in [5, 5.41) is 8.13. The van der Waals surface area contributed by atoms with Crippen LogP contribution in [-0.4, -0.2) is 34.5 Å². The molecule has 102 valence electrons. The van der Waals surface area contributed by atoms with Gasteiger partial charge in [0.15, 0.2) is 5.82 Å². The van der Waals surface area contributed by atoms with Crippen LogP contribution in [0.3, 0.4) is 0 Å². The van der Waals surface area contributed by atoms with Gasteiger partial charge in [0, 0.05) is 12.7 Å². The van der Waals surface area contributed by atoms with Gasteiger partial charge in [0.2, 0.25) is 0 Å². The first-order chi connectivity index (χ1) is 9.04. The summed E-state index contributed by atoms with van der Waals surface area (Å²) in [6, 6.07) is 0. The molecular weight excluding hydrogens is 334 g/mol. The van der Waals surface area contributed by atoms with Crippen LogP contribution in [0.1, 0.15) is 6.92 Å². The van der Waals surface area contributed by atoms with Crippen LogP contribution in [-0.2, 0) is 23.1 Å². The lowest BCUT2D eigenvalue weighted by atomic mass is 10.6. The third kappa shape index (κ3) is 1.88. The zero-order valence-electron chi connectivity index (χ0n) is 10.2. The Morgan fingerprint density at radius 3 is 2.79 bits per heavy atom. The Hall–Kier alpha value is -1.35. The summed E-state index contributed by atoms with van der Waals surface area (Å²) in [6.45, 7) is 3.49. The first kappa shape index (κ1) is 12.7. The quantitative estimate of drug-likeness (QED) is 0.833. The van der Waals surface area contributed by atoms with E-state index in [1.807, 2.05) is 6.92 Å². The molecule has 0 radical (unpaired) electrons. The first-order valence-corrected chi connectivity index (χ1v) is 8.04. The molecule has 0 saturated carbocycles. The highest BCUT2D eigenvalue weighted by atomic mass is 79.9. The van der Waals surface area contributed by atoms with E-state index in [0.29, 0.717) is 29.9 Å². The van der Waals surface area contributed by atoms with Crippen LogP contribution in [0.2, 0.25) is 0 Å². The normalized spacial score (nSPS) is 14.9. The van der Waals surface area contributed by atoms with Crippen molar-refractivity contribution in [1.29, 1.82) is 0 Å². The highest BCUT2D eigenvalue weighted by molar-refractivity contribution is 9.10. The summed E-state index contributed by atoms with van der Waals surface area (Å²) in [6.07, 6.45) is 4.53. The molecule has 19 heavy (non-hydrogen) atoms. The Balaban J connectivity index is 2.05. The van der Waals surface area contributed by atoms with Gasteiger partial charge in [0.1, 0.15) is 4.90 Å². The summed E-state index contributed by atoms with van der Waals surface area (Å²) in [7, 11) is -3.57. The number of aromatic nitrogens is 4. The van der Waals surface area contributed by atoms with E-state index in [0.717, 1.165) is 0 Å². The van der Waals surface area contributed by atoms with Crippen molar-refractivity contribution >= 4 is 31.8 Å². The molecule has 0 fully saturated rings. The lowest BCUT2D eigenvalue weighted by Crippen LogP contribution is -2.29. The molecule has 0 aromatic carbocycles. The molecule has 3 rings (SSSR count). The Morgan fingerprint density at radius 1 is 1.32 bits per heavy atom. The van der Waals surface area contributed by atoms with Gasteiger partial charge in [-0.25, -0.2) is 17.4 Å². The number of fused-ring (bicyclic) bond motifs is 1. The molecule has 2 aromatic heterocycles. The number of halogens is 1. The van der Waals surface area contributed by atoms with E-state index in [9.17, 15) is 8.42 Å².